The van der Waals surface area contributed by atoms with Crippen molar-refractivity contribution in [1.29, 1.82) is 10.5 Å². The van der Waals surface area contributed by atoms with Gasteiger partial charge in [0.2, 0.25) is 0 Å². The van der Waals surface area contributed by atoms with Crippen LogP contribution >= 0.6 is 0 Å². The second-order valence-electron chi connectivity index (χ2n) is 6.40. The van der Waals surface area contributed by atoms with E-state index in [2.05, 4.69) is 17.1 Å². The summed E-state index contributed by atoms with van der Waals surface area (Å²) in [6.45, 7) is 2.19. The van der Waals surface area contributed by atoms with Gasteiger partial charge in [-0.15, -0.1) is 0 Å². The zero-order valence-electron chi connectivity index (χ0n) is 12.7. The first-order chi connectivity index (χ1) is 11.1. The van der Waals surface area contributed by atoms with E-state index in [4.69, 9.17) is 15.2 Å². The number of hydrogen-bond donors (Lipinski definition) is 1. The van der Waals surface area contributed by atoms with Crippen LogP contribution in [0, 0.1) is 39.4 Å². The molecule has 5 atom stereocenters. The molecule has 0 unspecified atom stereocenters. The van der Waals surface area contributed by atoms with Crippen molar-refractivity contribution in [2.75, 3.05) is 6.61 Å². The van der Waals surface area contributed by atoms with Crippen molar-refractivity contribution < 1.29 is 9.47 Å². The highest BCUT2D eigenvalue weighted by Gasteiger charge is 2.93. The van der Waals surface area contributed by atoms with E-state index in [0.29, 0.717) is 13.0 Å². The zero-order chi connectivity index (χ0) is 16.3. The third-order valence-electron chi connectivity index (χ3n) is 5.26. The molecule has 1 aromatic carbocycles. The molecule has 6 nitrogen and oxygen atoms in total. The average Bonchev–Trinajstić information content (AvgIpc) is 2.85. The predicted molar refractivity (Wildman–Crippen MR) is 80.6 cm³/mol. The summed E-state index contributed by atoms with van der Waals surface area (Å²) in [5.41, 5.74) is 4.81. The monoisotopic (exact) mass is 308 g/mol. The number of amidine groups is 1. The van der Waals surface area contributed by atoms with Crippen molar-refractivity contribution in [2.45, 2.75) is 25.4 Å². The fourth-order valence-electron chi connectivity index (χ4n) is 4.19. The Morgan fingerprint density at radius 3 is 2.61 bits per heavy atom. The third kappa shape index (κ3) is 1.41. The first-order valence-corrected chi connectivity index (χ1v) is 7.60. The van der Waals surface area contributed by atoms with E-state index in [-0.39, 0.29) is 17.9 Å². The number of hydrogen-bond acceptors (Lipinski definition) is 6. The van der Waals surface area contributed by atoms with Gasteiger partial charge in [0, 0.05) is 5.92 Å². The van der Waals surface area contributed by atoms with Crippen LogP contribution in [0.25, 0.3) is 0 Å². The van der Waals surface area contributed by atoms with E-state index in [1.165, 1.54) is 0 Å². The molecule has 0 aromatic heterocycles. The number of aliphatic imine (C=N–C) groups is 1. The second kappa shape index (κ2) is 4.32. The molecule has 0 radical (unpaired) electrons. The first-order valence-electron chi connectivity index (χ1n) is 7.60. The molecule has 6 heteroatoms. The van der Waals surface area contributed by atoms with Gasteiger partial charge in [0.15, 0.2) is 5.41 Å². The Morgan fingerprint density at radius 2 is 2.04 bits per heavy atom. The first kappa shape index (κ1) is 14.2. The van der Waals surface area contributed by atoms with Crippen LogP contribution in [0.5, 0.6) is 0 Å². The van der Waals surface area contributed by atoms with Crippen molar-refractivity contribution in [3.63, 3.8) is 0 Å². The molecule has 1 aliphatic carbocycles. The van der Waals surface area contributed by atoms with Crippen LogP contribution in [0.1, 0.15) is 12.5 Å². The lowest BCUT2D eigenvalue weighted by molar-refractivity contribution is -0.195. The van der Waals surface area contributed by atoms with Crippen LogP contribution < -0.4 is 5.73 Å². The normalized spacial score (nSPS) is 43.5. The van der Waals surface area contributed by atoms with Crippen molar-refractivity contribution in [3.05, 3.63) is 35.9 Å². The number of fused-ring (bicyclic) bond motifs is 2. The second-order valence-corrected chi connectivity index (χ2v) is 6.40. The van der Waals surface area contributed by atoms with Gasteiger partial charge in [-0.3, -0.25) is 0 Å². The standard InChI is InChI=1S/C17H16N4O2/c1-11-8-22-17(23-11)16(10-19)13(7-12-5-3-2-4-6-12)15(16,9-18)14(20)21-17/h2-6,11,13H,7-8H2,1H3,(H2,20,21)/t11-,13+,15+,16+,17+/m0/s1. The topological polar surface area (TPSA) is 104 Å². The maximum atomic E-state index is 9.95. The molecule has 4 rings (SSSR count). The fourth-order valence-corrected chi connectivity index (χ4v) is 4.19. The molecular weight excluding hydrogens is 292 g/mol. The van der Waals surface area contributed by atoms with Crippen molar-refractivity contribution in [3.8, 4) is 12.1 Å². The highest BCUT2D eigenvalue weighted by atomic mass is 16.8. The van der Waals surface area contributed by atoms with E-state index in [1.54, 1.807) is 0 Å². The van der Waals surface area contributed by atoms with Crippen molar-refractivity contribution >= 4 is 5.84 Å². The highest BCUT2D eigenvalue weighted by Crippen LogP contribution is 2.79. The quantitative estimate of drug-likeness (QED) is 0.887. The summed E-state index contributed by atoms with van der Waals surface area (Å²) in [6.07, 6.45) is 0.366. The van der Waals surface area contributed by atoms with Crippen LogP contribution in [0.2, 0.25) is 0 Å². The van der Waals surface area contributed by atoms with Crippen LogP contribution in [-0.4, -0.2) is 24.5 Å². The van der Waals surface area contributed by atoms with Crippen LogP contribution in [0.4, 0.5) is 0 Å². The zero-order valence-corrected chi connectivity index (χ0v) is 12.7. The summed E-state index contributed by atoms with van der Waals surface area (Å²) in [6, 6.07) is 14.3. The van der Waals surface area contributed by atoms with Gasteiger partial charge in [-0.1, -0.05) is 30.3 Å². The minimum absolute atomic E-state index is 0.150. The summed E-state index contributed by atoms with van der Waals surface area (Å²) in [5, 5.41) is 19.8. The molecule has 2 N–H and O–H groups in total. The summed E-state index contributed by atoms with van der Waals surface area (Å²) < 4.78 is 11.6. The van der Waals surface area contributed by atoms with Gasteiger partial charge in [0.05, 0.1) is 24.8 Å². The molecule has 1 aromatic rings. The maximum Gasteiger partial charge on any atom is 0.293 e. The van der Waals surface area contributed by atoms with Crippen molar-refractivity contribution in [2.24, 2.45) is 27.5 Å². The fraction of sp³-hybridized carbons (Fsp3) is 0.471. The Bertz CT molecular complexity index is 780. The van der Waals surface area contributed by atoms with E-state index >= 15 is 0 Å². The number of rotatable bonds is 2. The van der Waals surface area contributed by atoms with Gasteiger partial charge in [0.1, 0.15) is 11.3 Å². The van der Waals surface area contributed by atoms with Crippen LogP contribution in [0.3, 0.4) is 0 Å². The lowest BCUT2D eigenvalue weighted by atomic mass is 9.94. The summed E-state index contributed by atoms with van der Waals surface area (Å²) >= 11 is 0. The van der Waals surface area contributed by atoms with E-state index in [1.807, 2.05) is 37.3 Å². The molecule has 2 aliphatic heterocycles. The molecule has 2 heterocycles. The Hall–Kier alpha value is -2.41. The van der Waals surface area contributed by atoms with Gasteiger partial charge in [-0.25, -0.2) is 4.99 Å². The summed E-state index contributed by atoms with van der Waals surface area (Å²) in [4.78, 5) is 4.28. The molecular formula is C17H16N4O2. The smallest absolute Gasteiger partial charge is 0.293 e. The van der Waals surface area contributed by atoms with Gasteiger partial charge in [0.25, 0.3) is 5.91 Å². The highest BCUT2D eigenvalue weighted by molar-refractivity contribution is 5.98. The Labute approximate surface area is 134 Å². The van der Waals surface area contributed by atoms with Crippen LogP contribution in [0.15, 0.2) is 35.3 Å². The number of benzene rings is 1. The molecule has 23 heavy (non-hydrogen) atoms. The van der Waals surface area contributed by atoms with E-state index in [0.717, 1.165) is 5.56 Å². The largest absolute Gasteiger partial charge is 0.386 e. The maximum absolute atomic E-state index is 9.95. The predicted octanol–water partition coefficient (Wildman–Crippen LogP) is 1.34. The van der Waals surface area contributed by atoms with Crippen LogP contribution in [-0.2, 0) is 15.9 Å². The minimum Gasteiger partial charge on any atom is -0.386 e. The molecule has 0 amide bonds. The van der Waals surface area contributed by atoms with Gasteiger partial charge in [-0.05, 0) is 18.9 Å². The molecule has 1 saturated heterocycles. The SMILES string of the molecule is C[C@H]1CO[C@@]2(N=C(N)[C@@]3(C#N)[C@@H](Cc4ccccc4)[C@@]23C#N)O1. The molecule has 0 bridgehead atoms. The van der Waals surface area contributed by atoms with E-state index in [9.17, 15) is 10.5 Å². The number of nitriles is 2. The average molecular weight is 308 g/mol. The van der Waals surface area contributed by atoms with Gasteiger partial charge in [-0.2, -0.15) is 10.5 Å². The van der Waals surface area contributed by atoms with E-state index < -0.39 is 16.7 Å². The number of nitrogens with zero attached hydrogens (tertiary/aromatic N) is 3. The van der Waals surface area contributed by atoms with Gasteiger partial charge < -0.3 is 15.2 Å². The third-order valence-corrected chi connectivity index (χ3v) is 5.26. The van der Waals surface area contributed by atoms with Gasteiger partial charge >= 0.3 is 0 Å². The molecule has 1 spiro atoms. The molecule has 1 saturated carbocycles. The van der Waals surface area contributed by atoms with Crippen molar-refractivity contribution in [1.82, 2.24) is 0 Å². The number of ether oxygens (including phenoxy) is 2. The lowest BCUT2D eigenvalue weighted by Crippen LogP contribution is -2.39. The Morgan fingerprint density at radius 1 is 1.30 bits per heavy atom. The lowest BCUT2D eigenvalue weighted by Gasteiger charge is -2.26. The number of nitrogens with two attached hydrogens (primary N) is 1. The minimum atomic E-state index is -1.44. The Kier molecular flexibility index (Phi) is 2.67. The Balaban J connectivity index is 1.80. The molecule has 116 valence electrons. The summed E-state index contributed by atoms with van der Waals surface area (Å²) in [5.74, 6) is -1.59. The molecule has 2 fully saturated rings. The summed E-state index contributed by atoms with van der Waals surface area (Å²) in [7, 11) is 0. The molecule has 3 aliphatic rings.